The molecule has 2 amide bonds. The molecule has 3 heterocycles. The van der Waals surface area contributed by atoms with Gasteiger partial charge in [0.1, 0.15) is 18.0 Å². The minimum Gasteiger partial charge on any atom is -0.487 e. The van der Waals surface area contributed by atoms with Crippen molar-refractivity contribution >= 4 is 17.6 Å². The fourth-order valence-corrected chi connectivity index (χ4v) is 3.89. The second kappa shape index (κ2) is 10.6. The Balaban J connectivity index is 1.30. The third kappa shape index (κ3) is 5.87. The zero-order valence-electron chi connectivity index (χ0n) is 20.1. The number of ether oxygens (including phenoxy) is 2. The van der Waals surface area contributed by atoms with Crippen molar-refractivity contribution in [1.29, 1.82) is 0 Å². The van der Waals surface area contributed by atoms with Crippen molar-refractivity contribution in [2.24, 2.45) is 5.92 Å². The number of amides is 2. The van der Waals surface area contributed by atoms with E-state index in [-0.39, 0.29) is 12.0 Å². The monoisotopic (exact) mass is 464 g/mol. The zero-order valence-corrected chi connectivity index (χ0v) is 20.1. The minimum absolute atomic E-state index is 0.0420. The molecule has 0 atom stereocenters. The number of benzene rings is 1. The summed E-state index contributed by atoms with van der Waals surface area (Å²) in [6.45, 7) is 8.98. The number of carbonyl (C=O) groups excluding carboxylic acids is 2. The number of hydrogen-bond donors (Lipinski definition) is 0. The van der Waals surface area contributed by atoms with Crippen LogP contribution in [0.5, 0.6) is 5.75 Å². The number of carbonyl (C=O) groups is 2. The minimum atomic E-state index is -0.301. The molecule has 8 nitrogen and oxygen atoms in total. The van der Waals surface area contributed by atoms with E-state index in [4.69, 9.17) is 9.47 Å². The van der Waals surface area contributed by atoms with Crippen LogP contribution in [-0.2, 0) is 11.3 Å². The molecule has 8 heteroatoms. The number of imidazole rings is 1. The van der Waals surface area contributed by atoms with Crippen molar-refractivity contribution in [3.8, 4) is 5.75 Å². The van der Waals surface area contributed by atoms with Crippen LogP contribution in [0, 0.1) is 12.8 Å². The van der Waals surface area contributed by atoms with Crippen molar-refractivity contribution in [3.05, 3.63) is 65.6 Å². The van der Waals surface area contributed by atoms with Crippen molar-refractivity contribution in [3.63, 3.8) is 0 Å². The highest BCUT2D eigenvalue weighted by molar-refractivity contribution is 5.94. The maximum Gasteiger partial charge on any atom is 0.409 e. The highest BCUT2D eigenvalue weighted by atomic mass is 16.6. The van der Waals surface area contributed by atoms with Crippen LogP contribution in [0.2, 0.25) is 0 Å². The van der Waals surface area contributed by atoms with Crippen LogP contribution in [0.1, 0.15) is 41.9 Å². The topological polar surface area (TPSA) is 76.4 Å². The summed E-state index contributed by atoms with van der Waals surface area (Å²) in [5.41, 5.74) is 3.49. The van der Waals surface area contributed by atoms with Gasteiger partial charge in [-0.15, -0.1) is 0 Å². The lowest BCUT2D eigenvalue weighted by molar-refractivity contribution is 0.0746. The van der Waals surface area contributed by atoms with E-state index in [0.717, 1.165) is 17.8 Å². The van der Waals surface area contributed by atoms with Gasteiger partial charge < -0.3 is 23.7 Å². The summed E-state index contributed by atoms with van der Waals surface area (Å²) in [6, 6.07) is 11.2. The summed E-state index contributed by atoms with van der Waals surface area (Å²) in [4.78, 5) is 33.3. The predicted octanol–water partition coefficient (Wildman–Crippen LogP) is 4.16. The van der Waals surface area contributed by atoms with Crippen LogP contribution in [0.4, 0.5) is 4.79 Å². The van der Waals surface area contributed by atoms with Crippen LogP contribution in [-0.4, -0.2) is 64.0 Å². The number of nitrogens with zero attached hydrogens (tertiary/aromatic N) is 4. The van der Waals surface area contributed by atoms with Crippen LogP contribution < -0.4 is 4.74 Å². The van der Waals surface area contributed by atoms with Crippen molar-refractivity contribution in [2.75, 3.05) is 32.8 Å². The molecule has 1 aliphatic rings. The van der Waals surface area contributed by atoms with Gasteiger partial charge in [-0.1, -0.05) is 19.9 Å². The number of rotatable bonds is 6. The Morgan fingerprint density at radius 1 is 0.971 bits per heavy atom. The van der Waals surface area contributed by atoms with E-state index in [9.17, 15) is 9.59 Å². The normalized spacial score (nSPS) is 14.4. The van der Waals surface area contributed by atoms with E-state index in [0.29, 0.717) is 56.6 Å². The van der Waals surface area contributed by atoms with E-state index >= 15 is 0 Å². The predicted molar refractivity (Wildman–Crippen MR) is 129 cm³/mol. The second-order valence-electron chi connectivity index (χ2n) is 9.12. The lowest BCUT2D eigenvalue weighted by Gasteiger charge is -2.22. The van der Waals surface area contributed by atoms with Gasteiger partial charge in [0.25, 0.3) is 5.91 Å². The number of hydrogen-bond acceptors (Lipinski definition) is 5. The third-order valence-electron chi connectivity index (χ3n) is 5.72. The molecule has 0 radical (unpaired) electrons. The van der Waals surface area contributed by atoms with Gasteiger partial charge in [-0.05, 0) is 55.2 Å². The Hall–Kier alpha value is -3.55. The molecule has 4 rings (SSSR count). The standard InChI is InChI=1S/C26H32N4O4/c1-19(2)17-34-26(32)29-12-4-11-28(13-14-29)25(31)21-6-8-23(9-7-21)33-18-22-16-30-15-20(3)5-10-24(30)27-22/h5-10,15-16,19H,4,11-14,17-18H2,1-3H3. The molecule has 0 spiro atoms. The molecule has 0 bridgehead atoms. The van der Waals surface area contributed by atoms with Gasteiger partial charge >= 0.3 is 6.09 Å². The van der Waals surface area contributed by atoms with Gasteiger partial charge in [-0.2, -0.15) is 0 Å². The van der Waals surface area contributed by atoms with Gasteiger partial charge in [0.15, 0.2) is 0 Å². The maximum absolute atomic E-state index is 13.0. The molecule has 34 heavy (non-hydrogen) atoms. The van der Waals surface area contributed by atoms with Crippen LogP contribution in [0.15, 0.2) is 48.8 Å². The molecule has 0 saturated carbocycles. The Morgan fingerprint density at radius 2 is 1.71 bits per heavy atom. The van der Waals surface area contributed by atoms with Gasteiger partial charge in [-0.25, -0.2) is 9.78 Å². The summed E-state index contributed by atoms with van der Waals surface area (Å²) in [5.74, 6) is 0.934. The number of pyridine rings is 1. The van der Waals surface area contributed by atoms with E-state index < -0.39 is 0 Å². The molecular weight excluding hydrogens is 432 g/mol. The Labute approximate surface area is 200 Å². The van der Waals surface area contributed by atoms with E-state index in [1.807, 2.05) is 49.7 Å². The summed E-state index contributed by atoms with van der Waals surface area (Å²) in [6.07, 6.45) is 4.41. The van der Waals surface area contributed by atoms with Crippen molar-refractivity contribution in [2.45, 2.75) is 33.8 Å². The second-order valence-corrected chi connectivity index (χ2v) is 9.12. The molecule has 3 aromatic rings. The molecular formula is C26H32N4O4. The smallest absolute Gasteiger partial charge is 0.409 e. The Morgan fingerprint density at radius 3 is 2.47 bits per heavy atom. The first-order valence-electron chi connectivity index (χ1n) is 11.8. The molecule has 180 valence electrons. The average Bonchev–Trinajstić information content (AvgIpc) is 3.06. The number of fused-ring (bicyclic) bond motifs is 1. The van der Waals surface area contributed by atoms with Gasteiger partial charge in [0.05, 0.1) is 12.3 Å². The van der Waals surface area contributed by atoms with Crippen LogP contribution >= 0.6 is 0 Å². The first-order chi connectivity index (χ1) is 16.4. The summed E-state index contributed by atoms with van der Waals surface area (Å²) in [7, 11) is 0. The Kier molecular flexibility index (Phi) is 7.35. The molecule has 1 aromatic carbocycles. The highest BCUT2D eigenvalue weighted by Gasteiger charge is 2.23. The van der Waals surface area contributed by atoms with Gasteiger partial charge in [-0.3, -0.25) is 4.79 Å². The highest BCUT2D eigenvalue weighted by Crippen LogP contribution is 2.17. The average molecular weight is 465 g/mol. The molecule has 0 unspecified atom stereocenters. The largest absolute Gasteiger partial charge is 0.487 e. The quantitative estimate of drug-likeness (QED) is 0.548. The molecule has 2 aromatic heterocycles. The van der Waals surface area contributed by atoms with E-state index in [1.165, 1.54) is 5.56 Å². The fourth-order valence-electron chi connectivity index (χ4n) is 3.89. The number of aromatic nitrogens is 2. The third-order valence-corrected chi connectivity index (χ3v) is 5.72. The molecule has 0 aliphatic carbocycles. The Bertz CT molecular complexity index is 1140. The first kappa shape index (κ1) is 23.6. The summed E-state index contributed by atoms with van der Waals surface area (Å²) >= 11 is 0. The SMILES string of the molecule is Cc1ccc2nc(COc3ccc(C(=O)N4CCCN(C(=O)OCC(C)C)CC4)cc3)cn2c1. The van der Waals surface area contributed by atoms with Crippen molar-refractivity contribution < 1.29 is 19.1 Å². The van der Waals surface area contributed by atoms with E-state index in [1.54, 1.807) is 34.1 Å². The van der Waals surface area contributed by atoms with Gasteiger partial charge in [0.2, 0.25) is 0 Å². The lowest BCUT2D eigenvalue weighted by atomic mass is 10.2. The maximum atomic E-state index is 13.0. The molecule has 1 fully saturated rings. The first-order valence-corrected chi connectivity index (χ1v) is 11.8. The summed E-state index contributed by atoms with van der Waals surface area (Å²) < 4.78 is 13.2. The van der Waals surface area contributed by atoms with Crippen LogP contribution in [0.25, 0.3) is 5.65 Å². The molecule has 1 aliphatic heterocycles. The van der Waals surface area contributed by atoms with Crippen molar-refractivity contribution in [1.82, 2.24) is 19.2 Å². The van der Waals surface area contributed by atoms with E-state index in [2.05, 4.69) is 4.98 Å². The molecule has 0 N–H and O–H groups in total. The zero-order chi connectivity index (χ0) is 24.1. The van der Waals surface area contributed by atoms with Gasteiger partial charge in [0, 0.05) is 44.1 Å². The summed E-state index contributed by atoms with van der Waals surface area (Å²) in [5, 5.41) is 0. The molecule has 1 saturated heterocycles. The number of aryl methyl sites for hydroxylation is 1. The van der Waals surface area contributed by atoms with Crippen LogP contribution in [0.3, 0.4) is 0 Å². The fraction of sp³-hybridized carbons (Fsp3) is 0.423. The lowest BCUT2D eigenvalue weighted by Crippen LogP contribution is -2.37.